The van der Waals surface area contributed by atoms with Crippen LogP contribution in [0.4, 0.5) is 26.1 Å². The predicted octanol–water partition coefficient (Wildman–Crippen LogP) is 4.21. The number of hydrogen-bond acceptors (Lipinski definition) is 7. The van der Waals surface area contributed by atoms with Gasteiger partial charge in [0.1, 0.15) is 13.2 Å². The summed E-state index contributed by atoms with van der Waals surface area (Å²) in [4.78, 5) is 35.4. The minimum atomic E-state index is -0.285. The number of rotatable bonds is 5. The summed E-state index contributed by atoms with van der Waals surface area (Å²) in [5, 5.41) is 1.01. The standard InChI is InChI=1S/C25H24N4O4S/c30-24-28(8-10-32-24)20-3-1-2-17(12-20)13-22-15-26-23(34-22)27-7-6-18-4-5-21(14-19(18)16-27)29-9-11-33-25(29)31/h1-5,12,14-15H,6-11,13,16H2. The molecule has 3 aromatic rings. The first-order chi connectivity index (χ1) is 16.6. The molecule has 0 radical (unpaired) electrons. The van der Waals surface area contributed by atoms with Crippen molar-refractivity contribution < 1.29 is 19.1 Å². The normalized spacial score (nSPS) is 17.7. The van der Waals surface area contributed by atoms with Gasteiger partial charge in [-0.15, -0.1) is 11.3 Å². The number of benzene rings is 2. The van der Waals surface area contributed by atoms with Gasteiger partial charge in [-0.05, 0) is 47.4 Å². The molecular formula is C25H24N4O4S. The lowest BCUT2D eigenvalue weighted by Crippen LogP contribution is -2.31. The van der Waals surface area contributed by atoms with Crippen LogP contribution in [0.5, 0.6) is 0 Å². The number of nitrogens with zero attached hydrogens (tertiary/aromatic N) is 4. The SMILES string of the molecule is O=C1OCCN1c1cccc(Cc2cnc(N3CCc4ccc(N5CCOC5=O)cc4C3)s2)c1. The number of ether oxygens (including phenoxy) is 2. The van der Waals surface area contributed by atoms with E-state index in [2.05, 4.69) is 23.1 Å². The van der Waals surface area contributed by atoms with Crippen molar-refractivity contribution in [3.8, 4) is 0 Å². The predicted molar refractivity (Wildman–Crippen MR) is 130 cm³/mol. The number of carbonyl (C=O) groups is 2. The molecule has 0 atom stereocenters. The molecule has 174 valence electrons. The van der Waals surface area contributed by atoms with Gasteiger partial charge in [-0.3, -0.25) is 9.80 Å². The van der Waals surface area contributed by atoms with Crippen LogP contribution in [-0.2, 0) is 28.9 Å². The highest BCUT2D eigenvalue weighted by molar-refractivity contribution is 7.15. The molecule has 2 fully saturated rings. The number of carbonyl (C=O) groups excluding carboxylic acids is 2. The van der Waals surface area contributed by atoms with Gasteiger partial charge in [-0.25, -0.2) is 14.6 Å². The minimum absolute atomic E-state index is 0.275. The number of anilines is 3. The van der Waals surface area contributed by atoms with E-state index < -0.39 is 0 Å². The fourth-order valence-electron chi connectivity index (χ4n) is 4.69. The summed E-state index contributed by atoms with van der Waals surface area (Å²) in [7, 11) is 0. The van der Waals surface area contributed by atoms with E-state index in [1.807, 2.05) is 30.5 Å². The van der Waals surface area contributed by atoms with Crippen molar-refractivity contribution in [2.24, 2.45) is 0 Å². The van der Waals surface area contributed by atoms with Gasteiger partial charge in [0.2, 0.25) is 0 Å². The van der Waals surface area contributed by atoms with E-state index in [9.17, 15) is 9.59 Å². The third kappa shape index (κ3) is 3.96. The molecule has 3 aliphatic heterocycles. The zero-order valence-corrected chi connectivity index (χ0v) is 19.4. The number of thiazole rings is 1. The quantitative estimate of drug-likeness (QED) is 0.549. The molecular weight excluding hydrogens is 452 g/mol. The van der Waals surface area contributed by atoms with Gasteiger partial charge < -0.3 is 14.4 Å². The van der Waals surface area contributed by atoms with Crippen molar-refractivity contribution in [1.82, 2.24) is 4.98 Å². The van der Waals surface area contributed by atoms with Crippen LogP contribution in [0, 0.1) is 0 Å². The summed E-state index contributed by atoms with van der Waals surface area (Å²) in [5.41, 5.74) is 5.45. The van der Waals surface area contributed by atoms with Crippen LogP contribution in [0.1, 0.15) is 21.6 Å². The molecule has 2 saturated heterocycles. The lowest BCUT2D eigenvalue weighted by atomic mass is 9.99. The molecule has 9 heteroatoms. The molecule has 0 saturated carbocycles. The van der Waals surface area contributed by atoms with Gasteiger partial charge >= 0.3 is 12.2 Å². The first-order valence-electron chi connectivity index (χ1n) is 11.4. The Kier molecular flexibility index (Phi) is 5.33. The third-order valence-corrected chi connectivity index (χ3v) is 7.51. The van der Waals surface area contributed by atoms with Crippen LogP contribution < -0.4 is 14.7 Å². The number of fused-ring (bicyclic) bond motifs is 1. The van der Waals surface area contributed by atoms with Crippen molar-refractivity contribution in [2.75, 3.05) is 47.5 Å². The second kappa shape index (κ2) is 8.64. The summed E-state index contributed by atoms with van der Waals surface area (Å²) in [6.07, 6.45) is 3.10. The third-order valence-electron chi connectivity index (χ3n) is 6.45. The summed E-state index contributed by atoms with van der Waals surface area (Å²) in [6.45, 7) is 3.74. The van der Waals surface area contributed by atoms with Gasteiger partial charge in [-0.1, -0.05) is 18.2 Å². The molecule has 6 rings (SSSR count). The van der Waals surface area contributed by atoms with E-state index in [0.717, 1.165) is 48.0 Å². The average molecular weight is 477 g/mol. The van der Waals surface area contributed by atoms with Gasteiger partial charge in [0.15, 0.2) is 5.13 Å². The zero-order chi connectivity index (χ0) is 23.1. The van der Waals surface area contributed by atoms with Crippen molar-refractivity contribution >= 4 is 40.0 Å². The summed E-state index contributed by atoms with van der Waals surface area (Å²) >= 11 is 1.70. The maximum absolute atomic E-state index is 12.0. The minimum Gasteiger partial charge on any atom is -0.447 e. The van der Waals surface area contributed by atoms with Crippen LogP contribution in [0.3, 0.4) is 0 Å². The molecule has 8 nitrogen and oxygen atoms in total. The van der Waals surface area contributed by atoms with Gasteiger partial charge in [0, 0.05) is 42.0 Å². The zero-order valence-electron chi connectivity index (χ0n) is 18.6. The molecule has 3 aliphatic rings. The topological polar surface area (TPSA) is 75.2 Å². The Morgan fingerprint density at radius 3 is 2.38 bits per heavy atom. The largest absolute Gasteiger partial charge is 0.447 e. The second-order valence-corrected chi connectivity index (χ2v) is 9.71. The van der Waals surface area contributed by atoms with E-state index in [4.69, 9.17) is 14.5 Å². The van der Waals surface area contributed by atoms with Crippen molar-refractivity contribution in [2.45, 2.75) is 19.4 Å². The fraction of sp³-hybridized carbons (Fsp3) is 0.320. The number of hydrogen-bond donors (Lipinski definition) is 0. The molecule has 0 spiro atoms. The Labute approximate surface area is 201 Å². The van der Waals surface area contributed by atoms with E-state index in [0.29, 0.717) is 26.3 Å². The Morgan fingerprint density at radius 2 is 1.65 bits per heavy atom. The maximum Gasteiger partial charge on any atom is 0.414 e. The van der Waals surface area contributed by atoms with E-state index in [1.54, 1.807) is 21.1 Å². The molecule has 34 heavy (non-hydrogen) atoms. The highest BCUT2D eigenvalue weighted by Gasteiger charge is 2.26. The first kappa shape index (κ1) is 21.0. The van der Waals surface area contributed by atoms with Crippen LogP contribution >= 0.6 is 11.3 Å². The first-order valence-corrected chi connectivity index (χ1v) is 12.2. The molecule has 0 bridgehead atoms. The Bertz CT molecular complexity index is 1260. The highest BCUT2D eigenvalue weighted by atomic mass is 32.1. The van der Waals surface area contributed by atoms with Crippen LogP contribution in [0.15, 0.2) is 48.7 Å². The average Bonchev–Trinajstić information content (AvgIpc) is 3.60. The van der Waals surface area contributed by atoms with Crippen LogP contribution in [0.25, 0.3) is 0 Å². The number of amides is 2. The highest BCUT2D eigenvalue weighted by Crippen LogP contribution is 2.32. The van der Waals surface area contributed by atoms with Crippen molar-refractivity contribution in [3.63, 3.8) is 0 Å². The van der Waals surface area contributed by atoms with Crippen LogP contribution in [-0.4, -0.2) is 50.0 Å². The molecule has 4 heterocycles. The molecule has 2 aromatic carbocycles. The van der Waals surface area contributed by atoms with Crippen molar-refractivity contribution in [1.29, 1.82) is 0 Å². The van der Waals surface area contributed by atoms with E-state index in [1.165, 1.54) is 16.0 Å². The van der Waals surface area contributed by atoms with E-state index >= 15 is 0 Å². The number of aromatic nitrogens is 1. The van der Waals surface area contributed by atoms with Gasteiger partial charge in [0.05, 0.1) is 13.1 Å². The molecule has 0 aliphatic carbocycles. The Hall–Kier alpha value is -3.59. The second-order valence-electron chi connectivity index (χ2n) is 8.61. The Balaban J connectivity index is 1.16. The summed E-state index contributed by atoms with van der Waals surface area (Å²) < 4.78 is 10.2. The maximum atomic E-state index is 12.0. The lowest BCUT2D eigenvalue weighted by Gasteiger charge is -2.29. The molecule has 0 unspecified atom stereocenters. The fourth-order valence-corrected chi connectivity index (χ4v) is 5.66. The summed E-state index contributed by atoms with van der Waals surface area (Å²) in [5.74, 6) is 0. The monoisotopic (exact) mass is 476 g/mol. The summed E-state index contributed by atoms with van der Waals surface area (Å²) in [6, 6.07) is 14.3. The van der Waals surface area contributed by atoms with Crippen LogP contribution in [0.2, 0.25) is 0 Å². The van der Waals surface area contributed by atoms with Gasteiger partial charge in [-0.2, -0.15) is 0 Å². The number of cyclic esters (lactones) is 2. The Morgan fingerprint density at radius 1 is 0.882 bits per heavy atom. The van der Waals surface area contributed by atoms with E-state index in [-0.39, 0.29) is 12.2 Å². The molecule has 2 amide bonds. The van der Waals surface area contributed by atoms with Gasteiger partial charge in [0.25, 0.3) is 0 Å². The molecule has 1 aromatic heterocycles. The molecule has 0 N–H and O–H groups in total. The lowest BCUT2D eigenvalue weighted by molar-refractivity contribution is 0.180. The van der Waals surface area contributed by atoms with Crippen molar-refractivity contribution in [3.05, 3.63) is 70.2 Å². The smallest absolute Gasteiger partial charge is 0.414 e.